The Balaban J connectivity index is 2.15. The van der Waals surface area contributed by atoms with Crippen molar-refractivity contribution in [2.75, 3.05) is 16.6 Å². The molecular weight excluding hydrogens is 376 g/mol. The van der Waals surface area contributed by atoms with Crippen molar-refractivity contribution < 1.29 is 8.42 Å². The molecule has 0 spiro atoms. The summed E-state index contributed by atoms with van der Waals surface area (Å²) in [7, 11) is -3.71. The fourth-order valence-corrected chi connectivity index (χ4v) is 5.21. The van der Waals surface area contributed by atoms with Gasteiger partial charge < -0.3 is 5.73 Å². The molecule has 0 amide bonds. The average Bonchev–Trinajstić information content (AvgIpc) is 2.87. The number of hydrogen-bond donors (Lipinski definition) is 1. The minimum absolute atomic E-state index is 0.0872. The van der Waals surface area contributed by atoms with Crippen LogP contribution >= 0.6 is 27.5 Å². The first kappa shape index (κ1) is 14.7. The number of rotatable bonds is 2. The van der Waals surface area contributed by atoms with Crippen molar-refractivity contribution in [2.24, 2.45) is 0 Å². The third-order valence-electron chi connectivity index (χ3n) is 3.44. The Morgan fingerprint density at radius 1 is 1.24 bits per heavy atom. The number of para-hydroxylation sites is 1. The van der Waals surface area contributed by atoms with Crippen LogP contribution in [-0.4, -0.2) is 15.0 Å². The summed E-state index contributed by atoms with van der Waals surface area (Å²) in [6, 6.07) is 10.4. The summed E-state index contributed by atoms with van der Waals surface area (Å²) >= 11 is 9.20. The molecule has 1 aliphatic rings. The summed E-state index contributed by atoms with van der Waals surface area (Å²) in [6.45, 7) is 0.417. The van der Waals surface area contributed by atoms with Gasteiger partial charge in [-0.25, -0.2) is 8.42 Å². The fraction of sp³-hybridized carbons (Fsp3) is 0.143. The second-order valence-corrected chi connectivity index (χ2v) is 7.82. The molecule has 0 saturated carbocycles. The molecule has 0 atom stereocenters. The summed E-state index contributed by atoms with van der Waals surface area (Å²) in [5, 5.41) is 0.293. The van der Waals surface area contributed by atoms with E-state index < -0.39 is 10.0 Å². The lowest BCUT2D eigenvalue weighted by molar-refractivity contribution is 0.592. The van der Waals surface area contributed by atoms with Crippen molar-refractivity contribution >= 4 is 48.9 Å². The highest BCUT2D eigenvalue weighted by Gasteiger charge is 2.32. The number of benzene rings is 2. The molecule has 0 aliphatic carbocycles. The van der Waals surface area contributed by atoms with Crippen molar-refractivity contribution in [2.45, 2.75) is 11.3 Å². The molecule has 0 aromatic heterocycles. The van der Waals surface area contributed by atoms with Crippen LogP contribution in [-0.2, 0) is 16.4 Å². The molecule has 0 saturated heterocycles. The van der Waals surface area contributed by atoms with Gasteiger partial charge in [0.2, 0.25) is 0 Å². The van der Waals surface area contributed by atoms with Crippen molar-refractivity contribution in [3.8, 4) is 0 Å². The van der Waals surface area contributed by atoms with Crippen LogP contribution in [0.25, 0.3) is 0 Å². The van der Waals surface area contributed by atoms with Crippen molar-refractivity contribution in [3.05, 3.63) is 51.5 Å². The average molecular weight is 388 g/mol. The van der Waals surface area contributed by atoms with Crippen LogP contribution < -0.4 is 10.0 Å². The maximum atomic E-state index is 12.9. The zero-order valence-electron chi connectivity index (χ0n) is 10.9. The van der Waals surface area contributed by atoms with E-state index in [4.69, 9.17) is 17.3 Å². The zero-order valence-corrected chi connectivity index (χ0v) is 14.0. The molecule has 110 valence electrons. The van der Waals surface area contributed by atoms with Crippen LogP contribution in [0.1, 0.15) is 5.56 Å². The van der Waals surface area contributed by atoms with Crippen LogP contribution in [0.3, 0.4) is 0 Å². The second-order valence-electron chi connectivity index (χ2n) is 4.76. The van der Waals surface area contributed by atoms with Crippen molar-refractivity contribution in [3.63, 3.8) is 0 Å². The number of anilines is 2. The van der Waals surface area contributed by atoms with E-state index >= 15 is 0 Å². The standard InChI is InChI=1S/C14H12BrClN2O2S/c15-14-11(17)7-10(16)8-13(14)21(19,20)18-6-5-9-3-1-2-4-12(9)18/h1-4,7-8H,5-6,17H2. The van der Waals surface area contributed by atoms with Gasteiger partial charge in [-0.15, -0.1) is 0 Å². The first-order chi connectivity index (χ1) is 9.91. The lowest BCUT2D eigenvalue weighted by Gasteiger charge is -2.21. The van der Waals surface area contributed by atoms with E-state index in [1.54, 1.807) is 0 Å². The smallest absolute Gasteiger partial charge is 0.265 e. The van der Waals surface area contributed by atoms with Gasteiger partial charge in [0, 0.05) is 17.3 Å². The lowest BCUT2D eigenvalue weighted by Crippen LogP contribution is -2.29. The molecule has 0 unspecified atom stereocenters. The summed E-state index contributed by atoms with van der Waals surface area (Å²) in [5.41, 5.74) is 7.83. The van der Waals surface area contributed by atoms with Gasteiger partial charge in [-0.05, 0) is 46.1 Å². The van der Waals surface area contributed by atoms with Gasteiger partial charge in [0.25, 0.3) is 10.0 Å². The number of halogens is 2. The highest BCUT2D eigenvalue weighted by Crippen LogP contribution is 2.37. The van der Waals surface area contributed by atoms with Gasteiger partial charge >= 0.3 is 0 Å². The molecule has 0 fully saturated rings. The van der Waals surface area contributed by atoms with E-state index in [1.165, 1.54) is 16.4 Å². The largest absolute Gasteiger partial charge is 0.398 e. The van der Waals surface area contributed by atoms with E-state index in [0.29, 0.717) is 33.8 Å². The zero-order chi connectivity index (χ0) is 15.2. The monoisotopic (exact) mass is 386 g/mol. The number of nitrogens with zero attached hydrogens (tertiary/aromatic N) is 1. The first-order valence-electron chi connectivity index (χ1n) is 6.26. The topological polar surface area (TPSA) is 63.4 Å². The van der Waals surface area contributed by atoms with Crippen LogP contribution in [0, 0.1) is 0 Å². The Kier molecular flexibility index (Phi) is 3.63. The number of sulfonamides is 1. The van der Waals surface area contributed by atoms with Crippen LogP contribution in [0.4, 0.5) is 11.4 Å². The maximum Gasteiger partial charge on any atom is 0.265 e. The summed E-state index contributed by atoms with van der Waals surface area (Å²) < 4.78 is 27.6. The first-order valence-corrected chi connectivity index (χ1v) is 8.87. The van der Waals surface area contributed by atoms with Crippen LogP contribution in [0.5, 0.6) is 0 Å². The van der Waals surface area contributed by atoms with Gasteiger partial charge in [0.15, 0.2) is 0 Å². The lowest BCUT2D eigenvalue weighted by atomic mass is 10.2. The molecule has 3 rings (SSSR count). The van der Waals surface area contributed by atoms with Gasteiger partial charge in [-0.1, -0.05) is 29.8 Å². The maximum absolute atomic E-state index is 12.9. The Morgan fingerprint density at radius 2 is 1.95 bits per heavy atom. The molecule has 0 bridgehead atoms. The number of fused-ring (bicyclic) bond motifs is 1. The van der Waals surface area contributed by atoms with Gasteiger partial charge in [0.05, 0.1) is 10.2 Å². The Morgan fingerprint density at radius 3 is 2.71 bits per heavy atom. The third-order valence-corrected chi connectivity index (χ3v) is 6.65. The molecule has 1 heterocycles. The molecule has 2 aromatic carbocycles. The van der Waals surface area contributed by atoms with Crippen LogP contribution in [0.2, 0.25) is 5.02 Å². The van der Waals surface area contributed by atoms with Gasteiger partial charge in [0.1, 0.15) is 4.90 Å². The molecule has 0 radical (unpaired) electrons. The third kappa shape index (κ3) is 2.41. The molecule has 2 aromatic rings. The van der Waals surface area contributed by atoms with E-state index in [1.807, 2.05) is 24.3 Å². The summed E-state index contributed by atoms with van der Waals surface area (Å²) in [5.74, 6) is 0. The van der Waals surface area contributed by atoms with Crippen molar-refractivity contribution in [1.82, 2.24) is 0 Å². The quantitative estimate of drug-likeness (QED) is 0.803. The van der Waals surface area contributed by atoms with E-state index in [0.717, 1.165) is 5.56 Å². The van der Waals surface area contributed by atoms with Gasteiger partial charge in [-0.3, -0.25) is 4.31 Å². The molecule has 4 nitrogen and oxygen atoms in total. The molecule has 21 heavy (non-hydrogen) atoms. The Hall–Kier alpha value is -1.24. The minimum atomic E-state index is -3.71. The summed E-state index contributed by atoms with van der Waals surface area (Å²) in [4.78, 5) is 0.0872. The highest BCUT2D eigenvalue weighted by molar-refractivity contribution is 9.10. The predicted molar refractivity (Wildman–Crippen MR) is 88.2 cm³/mol. The minimum Gasteiger partial charge on any atom is -0.398 e. The van der Waals surface area contributed by atoms with E-state index in [2.05, 4.69) is 15.9 Å². The normalized spacial score (nSPS) is 14.3. The molecule has 1 aliphatic heterocycles. The number of hydrogen-bond acceptors (Lipinski definition) is 3. The van der Waals surface area contributed by atoms with Crippen LogP contribution in [0.15, 0.2) is 45.8 Å². The second kappa shape index (κ2) is 5.19. The Labute approximate surface area is 136 Å². The Bertz CT molecular complexity index is 824. The molecule has 2 N–H and O–H groups in total. The number of nitrogen functional groups attached to an aromatic ring is 1. The van der Waals surface area contributed by atoms with Gasteiger partial charge in [-0.2, -0.15) is 0 Å². The molecular formula is C14H12BrClN2O2S. The molecule has 7 heteroatoms. The predicted octanol–water partition coefficient (Wildman–Crippen LogP) is 3.44. The van der Waals surface area contributed by atoms with Crippen molar-refractivity contribution in [1.29, 1.82) is 0 Å². The SMILES string of the molecule is Nc1cc(Cl)cc(S(=O)(=O)N2CCc3ccccc32)c1Br. The van der Waals surface area contributed by atoms with E-state index in [9.17, 15) is 8.42 Å². The highest BCUT2D eigenvalue weighted by atomic mass is 79.9. The van der Waals surface area contributed by atoms with E-state index in [-0.39, 0.29) is 4.90 Å². The fourth-order valence-electron chi connectivity index (χ4n) is 2.45. The number of nitrogens with two attached hydrogens (primary N) is 1. The summed E-state index contributed by atoms with van der Waals surface area (Å²) in [6.07, 6.45) is 0.697.